The molecule has 3 nitrogen and oxygen atoms in total. The first-order chi connectivity index (χ1) is 14.5. The molecule has 4 rings (SSSR count). The first-order valence-electron chi connectivity index (χ1n) is 12.3. The number of piperidine rings is 1. The summed E-state index contributed by atoms with van der Waals surface area (Å²) >= 11 is 7.37. The Balaban J connectivity index is 1.71. The average molecular weight is 445 g/mol. The van der Waals surface area contributed by atoms with E-state index in [4.69, 9.17) is 17.3 Å². The number of halogens is 1. The quantitative estimate of drug-likeness (QED) is 0.603. The Kier molecular flexibility index (Phi) is 5.79. The molecule has 2 saturated carbocycles. The highest BCUT2D eigenvalue weighted by molar-refractivity contribution is 6.24. The molecule has 2 N–H and O–H groups in total. The van der Waals surface area contributed by atoms with Crippen molar-refractivity contribution >= 4 is 17.5 Å². The lowest BCUT2D eigenvalue weighted by atomic mass is 9.47. The van der Waals surface area contributed by atoms with Gasteiger partial charge in [0.05, 0.1) is 0 Å². The molecule has 6 atom stereocenters. The van der Waals surface area contributed by atoms with Crippen LogP contribution in [0.3, 0.4) is 0 Å². The fraction of sp³-hybridized carbons (Fsp3) is 0.741. The number of rotatable bonds is 3. The van der Waals surface area contributed by atoms with Crippen LogP contribution in [-0.2, 0) is 10.2 Å². The Morgan fingerprint density at radius 3 is 2.45 bits per heavy atom. The van der Waals surface area contributed by atoms with E-state index in [-0.39, 0.29) is 27.2 Å². The second kappa shape index (κ2) is 7.76. The number of hydrogen-bond acceptors (Lipinski definition) is 2. The molecule has 31 heavy (non-hydrogen) atoms. The maximum Gasteiger partial charge on any atom is 0.228 e. The van der Waals surface area contributed by atoms with Crippen LogP contribution in [0.5, 0.6) is 0 Å². The van der Waals surface area contributed by atoms with Crippen LogP contribution in [0.25, 0.3) is 0 Å². The molecule has 2 bridgehead atoms. The second-order valence-corrected chi connectivity index (χ2v) is 12.7. The summed E-state index contributed by atoms with van der Waals surface area (Å²) in [6, 6.07) is 11.1. The Labute approximate surface area is 194 Å². The lowest BCUT2D eigenvalue weighted by Crippen LogP contribution is -2.61. The molecule has 0 aromatic heterocycles. The maximum atomic E-state index is 14.1. The van der Waals surface area contributed by atoms with Gasteiger partial charge in [-0.05, 0) is 66.8 Å². The van der Waals surface area contributed by atoms with Crippen LogP contribution < -0.4 is 5.73 Å². The van der Waals surface area contributed by atoms with Crippen molar-refractivity contribution in [1.82, 2.24) is 4.90 Å². The SMILES string of the molecule is CCC1(Cl)C(C)CC2(c3ccccc3)CC1CC(C)(C(=O)N1CCC(N)C(C)(C)C1)C2. The minimum Gasteiger partial charge on any atom is -0.342 e. The zero-order valence-electron chi connectivity index (χ0n) is 20.1. The second-order valence-electron chi connectivity index (χ2n) is 12.0. The summed E-state index contributed by atoms with van der Waals surface area (Å²) in [5.74, 6) is 1.11. The van der Waals surface area contributed by atoms with E-state index in [1.54, 1.807) is 0 Å². The summed E-state index contributed by atoms with van der Waals surface area (Å²) in [5.41, 5.74) is 7.37. The average Bonchev–Trinajstić information content (AvgIpc) is 2.73. The molecule has 3 aliphatic rings. The summed E-state index contributed by atoms with van der Waals surface area (Å²) in [6.07, 6.45) is 5.81. The third-order valence-corrected chi connectivity index (χ3v) is 10.2. The molecular weight excluding hydrogens is 404 g/mol. The zero-order chi connectivity index (χ0) is 22.7. The van der Waals surface area contributed by atoms with Crippen LogP contribution in [0.4, 0.5) is 0 Å². The molecule has 0 spiro atoms. The molecule has 1 heterocycles. The van der Waals surface area contributed by atoms with E-state index in [0.29, 0.717) is 17.7 Å². The predicted molar refractivity (Wildman–Crippen MR) is 129 cm³/mol. The molecule has 1 amide bonds. The number of hydrogen-bond donors (Lipinski definition) is 1. The number of nitrogens with zero attached hydrogens (tertiary/aromatic N) is 1. The largest absolute Gasteiger partial charge is 0.342 e. The van der Waals surface area contributed by atoms with Gasteiger partial charge in [0.1, 0.15) is 0 Å². The van der Waals surface area contributed by atoms with Gasteiger partial charge in [0, 0.05) is 29.4 Å². The summed E-state index contributed by atoms with van der Waals surface area (Å²) in [6.45, 7) is 12.7. The number of alkyl halides is 1. The Morgan fingerprint density at radius 1 is 1.16 bits per heavy atom. The summed E-state index contributed by atoms with van der Waals surface area (Å²) in [7, 11) is 0. The van der Waals surface area contributed by atoms with E-state index in [9.17, 15) is 4.79 Å². The molecule has 2 aliphatic carbocycles. The fourth-order valence-corrected chi connectivity index (χ4v) is 7.72. The molecule has 172 valence electrons. The molecule has 4 heteroatoms. The van der Waals surface area contributed by atoms with E-state index in [0.717, 1.165) is 51.6 Å². The minimum atomic E-state index is -0.383. The van der Waals surface area contributed by atoms with E-state index < -0.39 is 0 Å². The molecule has 1 aliphatic heterocycles. The van der Waals surface area contributed by atoms with Crippen LogP contribution in [0.2, 0.25) is 0 Å². The highest BCUT2D eigenvalue weighted by atomic mass is 35.5. The highest BCUT2D eigenvalue weighted by Crippen LogP contribution is 2.63. The lowest BCUT2D eigenvalue weighted by molar-refractivity contribution is -0.152. The predicted octanol–water partition coefficient (Wildman–Crippen LogP) is 5.74. The third kappa shape index (κ3) is 3.74. The highest BCUT2D eigenvalue weighted by Gasteiger charge is 2.60. The number of carbonyl (C=O) groups is 1. The first-order valence-corrected chi connectivity index (χ1v) is 12.6. The standard InChI is InChI=1S/C27H41ClN2O/c1-6-27(28)19(2)14-26(20-10-8-7-9-11-20)16-21(27)15-25(5,17-26)23(31)30-13-12-22(29)24(3,4)18-30/h7-11,19,21-22H,6,12-18,29H2,1-5H3. The van der Waals surface area contributed by atoms with Gasteiger partial charge in [0.15, 0.2) is 0 Å². The van der Waals surface area contributed by atoms with Gasteiger partial charge in [-0.25, -0.2) is 0 Å². The number of fused-ring (bicyclic) bond motifs is 2. The van der Waals surface area contributed by atoms with Crippen LogP contribution in [0, 0.1) is 22.7 Å². The van der Waals surface area contributed by atoms with Crippen molar-refractivity contribution in [2.24, 2.45) is 28.4 Å². The van der Waals surface area contributed by atoms with Gasteiger partial charge in [0.25, 0.3) is 0 Å². The van der Waals surface area contributed by atoms with Gasteiger partial charge in [-0.15, -0.1) is 11.6 Å². The molecule has 1 aromatic rings. The van der Waals surface area contributed by atoms with Crippen LogP contribution >= 0.6 is 11.6 Å². The normalized spacial score (nSPS) is 42.3. The van der Waals surface area contributed by atoms with E-state index in [2.05, 4.69) is 69.9 Å². The van der Waals surface area contributed by atoms with Crippen LogP contribution in [-0.4, -0.2) is 34.8 Å². The minimum absolute atomic E-state index is 0.0310. The fourth-order valence-electron chi connectivity index (χ4n) is 7.49. The molecule has 6 unspecified atom stereocenters. The Bertz CT molecular complexity index is 822. The van der Waals surface area contributed by atoms with Crippen molar-refractivity contribution in [3.63, 3.8) is 0 Å². The van der Waals surface area contributed by atoms with Crippen LogP contribution in [0.15, 0.2) is 30.3 Å². The number of benzene rings is 1. The van der Waals surface area contributed by atoms with Crippen molar-refractivity contribution in [2.45, 2.75) is 89.5 Å². The lowest BCUT2D eigenvalue weighted by Gasteiger charge is -2.60. The van der Waals surface area contributed by atoms with Crippen molar-refractivity contribution in [3.8, 4) is 0 Å². The maximum absolute atomic E-state index is 14.1. The third-order valence-electron chi connectivity index (χ3n) is 9.30. The smallest absolute Gasteiger partial charge is 0.228 e. The van der Waals surface area contributed by atoms with E-state index >= 15 is 0 Å². The van der Waals surface area contributed by atoms with Gasteiger partial charge in [-0.1, -0.05) is 65.0 Å². The topological polar surface area (TPSA) is 46.3 Å². The molecule has 3 fully saturated rings. The summed E-state index contributed by atoms with van der Waals surface area (Å²) in [5, 5.41) is 0. The molecular formula is C27H41ClN2O. The van der Waals surface area contributed by atoms with E-state index in [1.165, 1.54) is 5.56 Å². The Hall–Kier alpha value is -1.06. The van der Waals surface area contributed by atoms with Crippen molar-refractivity contribution in [2.75, 3.05) is 13.1 Å². The summed E-state index contributed by atoms with van der Waals surface area (Å²) in [4.78, 5) is 16.0. The zero-order valence-corrected chi connectivity index (χ0v) is 20.8. The molecule has 1 saturated heterocycles. The molecule has 0 radical (unpaired) electrons. The van der Waals surface area contributed by atoms with Gasteiger partial charge in [0.2, 0.25) is 5.91 Å². The Morgan fingerprint density at radius 2 is 1.84 bits per heavy atom. The van der Waals surface area contributed by atoms with Gasteiger partial charge in [-0.3, -0.25) is 4.79 Å². The number of carbonyl (C=O) groups excluding carboxylic acids is 1. The van der Waals surface area contributed by atoms with Crippen molar-refractivity contribution in [3.05, 3.63) is 35.9 Å². The van der Waals surface area contributed by atoms with Crippen LogP contribution in [0.1, 0.15) is 78.7 Å². The first kappa shape index (κ1) is 23.1. The van der Waals surface area contributed by atoms with Gasteiger partial charge >= 0.3 is 0 Å². The summed E-state index contributed by atoms with van der Waals surface area (Å²) < 4.78 is 0. The van der Waals surface area contributed by atoms with Gasteiger partial charge in [-0.2, -0.15) is 0 Å². The van der Waals surface area contributed by atoms with Crippen molar-refractivity contribution in [1.29, 1.82) is 0 Å². The monoisotopic (exact) mass is 444 g/mol. The van der Waals surface area contributed by atoms with E-state index in [1.807, 2.05) is 0 Å². The van der Waals surface area contributed by atoms with Gasteiger partial charge < -0.3 is 10.6 Å². The number of amides is 1. The van der Waals surface area contributed by atoms with Crippen molar-refractivity contribution < 1.29 is 4.79 Å². The number of likely N-dealkylation sites (tertiary alicyclic amines) is 1. The number of nitrogens with two attached hydrogens (primary N) is 1. The molecule has 1 aromatic carbocycles.